The van der Waals surface area contributed by atoms with Crippen LogP contribution in [0.1, 0.15) is 5.56 Å². The van der Waals surface area contributed by atoms with Gasteiger partial charge in [0.05, 0.1) is 11.3 Å². The minimum atomic E-state index is -4.48. The molecule has 0 aliphatic heterocycles. The highest BCUT2D eigenvalue weighted by Crippen LogP contribution is 2.30. The Labute approximate surface area is 115 Å². The summed E-state index contributed by atoms with van der Waals surface area (Å²) in [6.45, 7) is 0. The highest BCUT2D eigenvalue weighted by Gasteiger charge is 2.31. The third kappa shape index (κ3) is 2.28. The molecule has 0 atom stereocenters. The zero-order valence-electron chi connectivity index (χ0n) is 10.4. The average Bonchev–Trinajstić information content (AvgIpc) is 2.84. The van der Waals surface area contributed by atoms with E-state index in [1.165, 1.54) is 18.2 Å². The third-order valence-electron chi connectivity index (χ3n) is 2.99. The molecule has 3 aromatic rings. The SMILES string of the molecule is Nc1ccc(-c2nnc3ccc(C(F)(F)F)cn23)cc1F. The van der Waals surface area contributed by atoms with Crippen molar-refractivity contribution in [2.45, 2.75) is 6.18 Å². The van der Waals surface area contributed by atoms with E-state index < -0.39 is 17.6 Å². The first-order valence-corrected chi connectivity index (χ1v) is 5.83. The van der Waals surface area contributed by atoms with Gasteiger partial charge in [0, 0.05) is 11.8 Å². The number of rotatable bonds is 1. The Balaban J connectivity index is 2.20. The number of fused-ring (bicyclic) bond motifs is 1. The molecule has 0 aliphatic carbocycles. The summed E-state index contributed by atoms with van der Waals surface area (Å²) in [7, 11) is 0. The maximum atomic E-state index is 13.5. The monoisotopic (exact) mass is 296 g/mol. The van der Waals surface area contributed by atoms with Gasteiger partial charge in [0.1, 0.15) is 5.82 Å². The lowest BCUT2D eigenvalue weighted by molar-refractivity contribution is -0.137. The van der Waals surface area contributed by atoms with Crippen LogP contribution in [0, 0.1) is 5.82 Å². The molecule has 4 nitrogen and oxygen atoms in total. The van der Waals surface area contributed by atoms with Crippen LogP contribution in [0.25, 0.3) is 17.0 Å². The first kappa shape index (κ1) is 13.3. The number of nitrogens with two attached hydrogens (primary N) is 1. The highest BCUT2D eigenvalue weighted by atomic mass is 19.4. The molecule has 0 bridgehead atoms. The van der Waals surface area contributed by atoms with E-state index in [2.05, 4.69) is 10.2 Å². The summed E-state index contributed by atoms with van der Waals surface area (Å²) >= 11 is 0. The first-order chi connectivity index (χ1) is 9.86. The zero-order valence-corrected chi connectivity index (χ0v) is 10.4. The lowest BCUT2D eigenvalue weighted by Gasteiger charge is -2.07. The molecule has 108 valence electrons. The molecule has 1 aromatic carbocycles. The first-order valence-electron chi connectivity index (χ1n) is 5.83. The van der Waals surface area contributed by atoms with Crippen molar-refractivity contribution in [3.8, 4) is 11.4 Å². The summed E-state index contributed by atoms with van der Waals surface area (Å²) < 4.78 is 52.9. The van der Waals surface area contributed by atoms with Gasteiger partial charge in [-0.15, -0.1) is 10.2 Å². The predicted octanol–water partition coefficient (Wildman–Crippen LogP) is 3.14. The van der Waals surface area contributed by atoms with Crippen LogP contribution >= 0.6 is 0 Å². The standard InChI is InChI=1S/C13H8F4N4/c14-9-5-7(1-3-10(9)18)12-20-19-11-4-2-8(6-21(11)12)13(15,16)17/h1-6H,18H2. The van der Waals surface area contributed by atoms with Gasteiger partial charge in [-0.1, -0.05) is 0 Å². The topological polar surface area (TPSA) is 56.2 Å². The van der Waals surface area contributed by atoms with Crippen molar-refractivity contribution in [3.05, 3.63) is 47.9 Å². The molecular weight excluding hydrogens is 288 g/mol. The van der Waals surface area contributed by atoms with E-state index >= 15 is 0 Å². The molecule has 0 unspecified atom stereocenters. The van der Waals surface area contributed by atoms with E-state index in [0.717, 1.165) is 22.7 Å². The summed E-state index contributed by atoms with van der Waals surface area (Å²) in [5, 5.41) is 7.56. The fraction of sp³-hybridized carbons (Fsp3) is 0.0769. The Morgan fingerprint density at radius 2 is 1.81 bits per heavy atom. The third-order valence-corrected chi connectivity index (χ3v) is 2.99. The fourth-order valence-corrected chi connectivity index (χ4v) is 1.92. The number of nitrogens with zero attached hydrogens (tertiary/aromatic N) is 3. The number of anilines is 1. The van der Waals surface area contributed by atoms with Gasteiger partial charge in [0.15, 0.2) is 11.5 Å². The number of hydrogen-bond donors (Lipinski definition) is 1. The summed E-state index contributed by atoms with van der Waals surface area (Å²) in [5.41, 5.74) is 4.99. The summed E-state index contributed by atoms with van der Waals surface area (Å²) in [5.74, 6) is -0.564. The number of benzene rings is 1. The van der Waals surface area contributed by atoms with E-state index in [4.69, 9.17) is 5.73 Å². The molecule has 3 rings (SSSR count). The van der Waals surface area contributed by atoms with Crippen LogP contribution in [-0.2, 0) is 6.18 Å². The molecule has 2 aromatic heterocycles. The molecule has 0 amide bonds. The van der Waals surface area contributed by atoms with Gasteiger partial charge in [-0.25, -0.2) is 4.39 Å². The quantitative estimate of drug-likeness (QED) is 0.554. The summed E-state index contributed by atoms with van der Waals surface area (Å²) in [4.78, 5) is 0. The Morgan fingerprint density at radius 1 is 1.05 bits per heavy atom. The minimum absolute atomic E-state index is 0.0523. The zero-order chi connectivity index (χ0) is 15.2. The van der Waals surface area contributed by atoms with Crippen molar-refractivity contribution < 1.29 is 17.6 Å². The van der Waals surface area contributed by atoms with Crippen LogP contribution in [0.3, 0.4) is 0 Å². The predicted molar refractivity (Wildman–Crippen MR) is 67.8 cm³/mol. The van der Waals surface area contributed by atoms with Crippen LogP contribution in [0.2, 0.25) is 0 Å². The molecule has 21 heavy (non-hydrogen) atoms. The number of nitrogen functional groups attached to an aromatic ring is 1. The van der Waals surface area contributed by atoms with E-state index in [0.29, 0.717) is 0 Å². The second kappa shape index (κ2) is 4.44. The number of aromatic nitrogens is 3. The van der Waals surface area contributed by atoms with Gasteiger partial charge in [-0.3, -0.25) is 4.40 Å². The van der Waals surface area contributed by atoms with Crippen molar-refractivity contribution in [2.75, 3.05) is 5.73 Å². The van der Waals surface area contributed by atoms with Crippen LogP contribution in [0.15, 0.2) is 36.5 Å². The van der Waals surface area contributed by atoms with Crippen LogP contribution in [0.5, 0.6) is 0 Å². The van der Waals surface area contributed by atoms with Crippen LogP contribution in [-0.4, -0.2) is 14.6 Å². The van der Waals surface area contributed by atoms with Gasteiger partial charge in [-0.2, -0.15) is 13.2 Å². The van der Waals surface area contributed by atoms with Gasteiger partial charge in [0.25, 0.3) is 0 Å². The van der Waals surface area contributed by atoms with Crippen molar-refractivity contribution in [3.63, 3.8) is 0 Å². The lowest BCUT2D eigenvalue weighted by Crippen LogP contribution is -2.06. The molecular formula is C13H8F4N4. The van der Waals surface area contributed by atoms with Crippen molar-refractivity contribution >= 4 is 11.3 Å². The second-order valence-corrected chi connectivity index (χ2v) is 4.40. The smallest absolute Gasteiger partial charge is 0.396 e. The average molecular weight is 296 g/mol. The van der Waals surface area contributed by atoms with Crippen molar-refractivity contribution in [1.82, 2.24) is 14.6 Å². The molecule has 0 spiro atoms. The van der Waals surface area contributed by atoms with Crippen molar-refractivity contribution in [1.29, 1.82) is 0 Å². The Kier molecular flexibility index (Phi) is 2.82. The molecule has 0 saturated carbocycles. The van der Waals surface area contributed by atoms with Gasteiger partial charge < -0.3 is 5.73 Å². The number of hydrogen-bond acceptors (Lipinski definition) is 3. The van der Waals surface area contributed by atoms with Crippen molar-refractivity contribution in [2.24, 2.45) is 0 Å². The lowest BCUT2D eigenvalue weighted by atomic mass is 10.2. The number of halogens is 4. The highest BCUT2D eigenvalue weighted by molar-refractivity contribution is 5.62. The van der Waals surface area contributed by atoms with E-state index in [-0.39, 0.29) is 22.7 Å². The van der Waals surface area contributed by atoms with Crippen LogP contribution < -0.4 is 5.73 Å². The maximum Gasteiger partial charge on any atom is 0.417 e. The van der Waals surface area contributed by atoms with Crippen LogP contribution in [0.4, 0.5) is 23.2 Å². The fourth-order valence-electron chi connectivity index (χ4n) is 1.92. The largest absolute Gasteiger partial charge is 0.417 e. The second-order valence-electron chi connectivity index (χ2n) is 4.40. The minimum Gasteiger partial charge on any atom is -0.396 e. The normalized spacial score (nSPS) is 12.0. The summed E-state index contributed by atoms with van der Waals surface area (Å²) in [6, 6.07) is 6.00. The maximum absolute atomic E-state index is 13.5. The Hall–Kier alpha value is -2.64. The number of pyridine rings is 1. The van der Waals surface area contributed by atoms with Gasteiger partial charge >= 0.3 is 6.18 Å². The Morgan fingerprint density at radius 3 is 2.48 bits per heavy atom. The van der Waals surface area contributed by atoms with Gasteiger partial charge in [-0.05, 0) is 30.3 Å². The van der Waals surface area contributed by atoms with E-state index in [1.54, 1.807) is 0 Å². The number of alkyl halides is 3. The molecule has 0 radical (unpaired) electrons. The van der Waals surface area contributed by atoms with E-state index in [1.807, 2.05) is 0 Å². The molecule has 2 heterocycles. The van der Waals surface area contributed by atoms with E-state index in [9.17, 15) is 17.6 Å². The van der Waals surface area contributed by atoms with Gasteiger partial charge in [0.2, 0.25) is 0 Å². The molecule has 2 N–H and O–H groups in total. The molecule has 0 saturated heterocycles. The molecule has 0 aliphatic rings. The summed E-state index contributed by atoms with van der Waals surface area (Å²) in [6.07, 6.45) is -3.61. The Bertz CT molecular complexity index is 823. The molecule has 8 heteroatoms. The molecule has 0 fully saturated rings.